The minimum Gasteiger partial charge on any atom is -0.267 e. The molecule has 1 heterocycles. The average Bonchev–Trinajstić information content (AvgIpc) is 2.38. The van der Waals surface area contributed by atoms with Gasteiger partial charge in [-0.2, -0.15) is 5.10 Å². The highest BCUT2D eigenvalue weighted by atomic mass is 35.5. The van der Waals surface area contributed by atoms with Gasteiger partial charge in [0.05, 0.1) is 11.1 Å². The number of nitro groups is 1. The molecule has 0 spiro atoms. The van der Waals surface area contributed by atoms with Crippen molar-refractivity contribution in [3.8, 4) is 0 Å². The predicted molar refractivity (Wildman–Crippen MR) is 81.3 cm³/mol. The van der Waals surface area contributed by atoms with E-state index in [-0.39, 0.29) is 16.3 Å². The number of aromatic nitrogens is 1. The summed E-state index contributed by atoms with van der Waals surface area (Å²) < 4.78 is 1.23. The van der Waals surface area contributed by atoms with Gasteiger partial charge in [-0.15, -0.1) is 0 Å². The van der Waals surface area contributed by atoms with E-state index in [1.165, 1.54) is 29.1 Å². The summed E-state index contributed by atoms with van der Waals surface area (Å²) in [4.78, 5) is 22.1. The van der Waals surface area contributed by atoms with Crippen LogP contribution in [0.3, 0.4) is 0 Å². The third-order valence-corrected chi connectivity index (χ3v) is 3.14. The number of hydrogen-bond acceptors (Lipinski definition) is 4. The van der Waals surface area contributed by atoms with Crippen LogP contribution in [0.25, 0.3) is 0 Å². The van der Waals surface area contributed by atoms with Crippen molar-refractivity contribution >= 4 is 23.5 Å². The van der Waals surface area contributed by atoms with E-state index in [1.807, 2.05) is 13.0 Å². The quantitative estimate of drug-likeness (QED) is 0.497. The number of rotatable bonds is 3. The van der Waals surface area contributed by atoms with Crippen LogP contribution in [-0.2, 0) is 0 Å². The second-order valence-corrected chi connectivity index (χ2v) is 4.94. The first kappa shape index (κ1) is 14.9. The van der Waals surface area contributed by atoms with E-state index in [4.69, 9.17) is 11.6 Å². The fourth-order valence-electron chi connectivity index (χ4n) is 1.88. The molecule has 0 fully saturated rings. The van der Waals surface area contributed by atoms with E-state index in [0.29, 0.717) is 11.3 Å². The lowest BCUT2D eigenvalue weighted by atomic mass is 10.2. The van der Waals surface area contributed by atoms with Gasteiger partial charge >= 0.3 is 0 Å². The summed E-state index contributed by atoms with van der Waals surface area (Å²) >= 11 is 5.73. The Morgan fingerprint density at radius 3 is 2.62 bits per heavy atom. The van der Waals surface area contributed by atoms with Gasteiger partial charge in [0.2, 0.25) is 0 Å². The molecule has 0 aliphatic carbocycles. The number of hydrogen-bond donors (Lipinski definition) is 0. The molecule has 0 saturated carbocycles. The number of benzene rings is 1. The molecule has 0 amide bonds. The van der Waals surface area contributed by atoms with Gasteiger partial charge in [-0.1, -0.05) is 17.7 Å². The first-order valence-corrected chi connectivity index (χ1v) is 6.45. The highest BCUT2D eigenvalue weighted by Gasteiger charge is 2.11. The van der Waals surface area contributed by atoms with Gasteiger partial charge in [0.15, 0.2) is 0 Å². The third-order valence-electron chi connectivity index (χ3n) is 2.82. The number of pyridine rings is 1. The summed E-state index contributed by atoms with van der Waals surface area (Å²) in [5.41, 5.74) is 1.56. The van der Waals surface area contributed by atoms with E-state index >= 15 is 0 Å². The lowest BCUT2D eigenvalue weighted by molar-refractivity contribution is -0.384. The van der Waals surface area contributed by atoms with Crippen molar-refractivity contribution in [2.24, 2.45) is 5.10 Å². The monoisotopic (exact) mass is 305 g/mol. The van der Waals surface area contributed by atoms with E-state index in [9.17, 15) is 14.9 Å². The second-order valence-electron chi connectivity index (χ2n) is 4.54. The zero-order valence-electron chi connectivity index (χ0n) is 11.4. The number of aryl methyl sites for hydroxylation is 2. The Bertz CT molecular complexity index is 797. The Hall–Kier alpha value is -2.47. The second kappa shape index (κ2) is 5.88. The minimum absolute atomic E-state index is 0.0563. The zero-order chi connectivity index (χ0) is 15.6. The van der Waals surface area contributed by atoms with Crippen molar-refractivity contribution in [2.75, 3.05) is 0 Å². The molecular formula is C14H12ClN3O3. The van der Waals surface area contributed by atoms with Crippen LogP contribution in [0.1, 0.15) is 16.8 Å². The van der Waals surface area contributed by atoms with Gasteiger partial charge < -0.3 is 0 Å². The Morgan fingerprint density at radius 2 is 2.00 bits per heavy atom. The van der Waals surface area contributed by atoms with E-state index in [0.717, 1.165) is 5.56 Å². The summed E-state index contributed by atoms with van der Waals surface area (Å²) in [7, 11) is 0. The van der Waals surface area contributed by atoms with Gasteiger partial charge in [0.25, 0.3) is 11.2 Å². The molecule has 1 aromatic carbocycles. The molecular weight excluding hydrogens is 294 g/mol. The molecule has 0 N–H and O–H groups in total. The first-order valence-electron chi connectivity index (χ1n) is 6.07. The minimum atomic E-state index is -0.566. The molecule has 0 aliphatic rings. The lowest BCUT2D eigenvalue weighted by Crippen LogP contribution is -2.18. The fraction of sp³-hybridized carbons (Fsp3) is 0.143. The van der Waals surface area contributed by atoms with Crippen LogP contribution in [0.2, 0.25) is 5.02 Å². The Labute approximate surface area is 125 Å². The van der Waals surface area contributed by atoms with Crippen LogP contribution in [-0.4, -0.2) is 15.8 Å². The highest BCUT2D eigenvalue weighted by molar-refractivity contribution is 6.32. The van der Waals surface area contributed by atoms with E-state index in [1.54, 1.807) is 13.0 Å². The molecule has 21 heavy (non-hydrogen) atoms. The van der Waals surface area contributed by atoms with Crippen LogP contribution < -0.4 is 5.56 Å². The van der Waals surface area contributed by atoms with Crippen molar-refractivity contribution in [3.05, 3.63) is 72.6 Å². The van der Waals surface area contributed by atoms with Crippen molar-refractivity contribution in [3.63, 3.8) is 0 Å². The summed E-state index contributed by atoms with van der Waals surface area (Å²) in [6, 6.07) is 7.61. The zero-order valence-corrected chi connectivity index (χ0v) is 12.2. The van der Waals surface area contributed by atoms with Crippen LogP contribution in [0.4, 0.5) is 5.69 Å². The molecule has 108 valence electrons. The smallest absolute Gasteiger partial charge is 0.267 e. The van der Waals surface area contributed by atoms with Crippen molar-refractivity contribution in [1.29, 1.82) is 0 Å². The molecule has 2 rings (SSSR count). The third kappa shape index (κ3) is 3.35. The van der Waals surface area contributed by atoms with E-state index in [2.05, 4.69) is 5.10 Å². The maximum atomic E-state index is 11.8. The topological polar surface area (TPSA) is 77.5 Å². The van der Waals surface area contributed by atoms with Crippen molar-refractivity contribution in [2.45, 2.75) is 13.8 Å². The molecule has 2 aromatic rings. The molecule has 0 radical (unpaired) electrons. The van der Waals surface area contributed by atoms with Gasteiger partial charge in [0, 0.05) is 23.4 Å². The molecule has 6 nitrogen and oxygen atoms in total. The maximum absolute atomic E-state index is 11.8. The highest BCUT2D eigenvalue weighted by Crippen LogP contribution is 2.24. The Balaban J connectivity index is 2.41. The summed E-state index contributed by atoms with van der Waals surface area (Å²) in [6.45, 7) is 3.58. The summed E-state index contributed by atoms with van der Waals surface area (Å²) in [5, 5.41) is 14.9. The molecule has 1 aromatic heterocycles. The standard InChI is InChI=1S/C14H12ClN3O3/c1-9-5-10(2)17(14(19)6-9)16-8-11-3-4-12(15)13(7-11)18(20)21/h3-8H,1-2H3/b16-8+. The predicted octanol–water partition coefficient (Wildman–Crippen LogP) is 2.91. The number of nitrogens with zero attached hydrogens (tertiary/aromatic N) is 3. The molecule has 0 saturated heterocycles. The molecule has 0 atom stereocenters. The summed E-state index contributed by atoms with van der Waals surface area (Å²) in [6.07, 6.45) is 1.38. The van der Waals surface area contributed by atoms with Gasteiger partial charge in [-0.05, 0) is 31.5 Å². The lowest BCUT2D eigenvalue weighted by Gasteiger charge is -2.04. The molecule has 0 bridgehead atoms. The van der Waals surface area contributed by atoms with Crippen molar-refractivity contribution < 1.29 is 4.92 Å². The van der Waals surface area contributed by atoms with Crippen LogP contribution in [0.15, 0.2) is 40.2 Å². The van der Waals surface area contributed by atoms with Gasteiger partial charge in [0.1, 0.15) is 5.02 Å². The average molecular weight is 306 g/mol. The summed E-state index contributed by atoms with van der Waals surface area (Å²) in [5.74, 6) is 0. The molecule has 7 heteroatoms. The fourth-order valence-corrected chi connectivity index (χ4v) is 2.07. The Morgan fingerprint density at radius 1 is 1.29 bits per heavy atom. The number of halogens is 1. The van der Waals surface area contributed by atoms with Crippen LogP contribution in [0.5, 0.6) is 0 Å². The largest absolute Gasteiger partial charge is 0.288 e. The van der Waals surface area contributed by atoms with E-state index < -0.39 is 4.92 Å². The molecule has 0 aliphatic heterocycles. The van der Waals surface area contributed by atoms with Gasteiger partial charge in [-0.3, -0.25) is 14.9 Å². The first-order chi connectivity index (χ1) is 9.88. The normalized spacial score (nSPS) is 11.0. The number of nitro benzene ring substituents is 1. The maximum Gasteiger partial charge on any atom is 0.288 e. The van der Waals surface area contributed by atoms with Crippen molar-refractivity contribution in [1.82, 2.24) is 4.68 Å². The SMILES string of the molecule is Cc1cc(C)n(/N=C/c2ccc(Cl)c([N+](=O)[O-])c2)c(=O)c1. The van der Waals surface area contributed by atoms with Crippen LogP contribution >= 0.6 is 11.6 Å². The van der Waals surface area contributed by atoms with Gasteiger partial charge in [-0.25, -0.2) is 4.68 Å². The van der Waals surface area contributed by atoms with Crippen LogP contribution in [0, 0.1) is 24.0 Å². The molecule has 0 unspecified atom stereocenters. The Kier molecular flexibility index (Phi) is 4.18.